The molecular weight excluding hydrogens is 627 g/mol. The second kappa shape index (κ2) is 34.6. The lowest BCUT2D eigenvalue weighted by molar-refractivity contribution is -0.161. The van der Waals surface area contributed by atoms with Crippen LogP contribution >= 0.6 is 7.82 Å². The fourth-order valence-electron chi connectivity index (χ4n) is 4.85. The molecule has 276 valence electrons. The summed E-state index contributed by atoms with van der Waals surface area (Å²) < 4.78 is 26.3. The van der Waals surface area contributed by atoms with Gasteiger partial charge in [-0.2, -0.15) is 0 Å². The van der Waals surface area contributed by atoms with Gasteiger partial charge in [-0.15, -0.1) is 0 Å². The highest BCUT2D eigenvalue weighted by Crippen LogP contribution is 2.36. The summed E-state index contributed by atoms with van der Waals surface area (Å²) in [5.41, 5.74) is 0. The fraction of sp³-hybridized carbons (Fsp3) is 0.692. The molecule has 0 unspecified atom stereocenters. The average Bonchev–Trinajstić information content (AvgIpc) is 3.05. The SMILES string of the molecule is CC/C=C/C=C/C=C/C=C/CCCCCCCC(=O)OC[C@H](COP(=O)(O)O)OC(=O)CCCCC/C=C/CCCCCCCCCC. The lowest BCUT2D eigenvalue weighted by Crippen LogP contribution is -2.29. The zero-order chi connectivity index (χ0) is 35.4. The van der Waals surface area contributed by atoms with Crippen molar-refractivity contribution >= 4 is 19.8 Å². The first-order chi connectivity index (χ1) is 23.3. The fourth-order valence-corrected chi connectivity index (χ4v) is 5.21. The van der Waals surface area contributed by atoms with Crippen LogP contribution in [0, 0.1) is 0 Å². The molecule has 0 saturated heterocycles. The molecule has 0 aromatic carbocycles. The predicted molar refractivity (Wildman–Crippen MR) is 197 cm³/mol. The van der Waals surface area contributed by atoms with Crippen molar-refractivity contribution in [1.29, 1.82) is 0 Å². The minimum Gasteiger partial charge on any atom is -0.462 e. The van der Waals surface area contributed by atoms with Gasteiger partial charge in [0, 0.05) is 12.8 Å². The smallest absolute Gasteiger partial charge is 0.462 e. The Hall–Kier alpha value is -2.25. The first-order valence-corrected chi connectivity index (χ1v) is 20.2. The molecule has 0 spiro atoms. The van der Waals surface area contributed by atoms with E-state index in [9.17, 15) is 14.2 Å². The number of carbonyl (C=O) groups is 2. The monoisotopic (exact) mass is 694 g/mol. The van der Waals surface area contributed by atoms with E-state index < -0.39 is 32.5 Å². The molecular formula is C39H67O8P. The Bertz CT molecular complexity index is 963. The first kappa shape index (κ1) is 45.8. The van der Waals surface area contributed by atoms with Gasteiger partial charge in [0.2, 0.25) is 0 Å². The summed E-state index contributed by atoms with van der Waals surface area (Å²) in [6.07, 6.45) is 42.2. The van der Waals surface area contributed by atoms with Gasteiger partial charge in [-0.05, 0) is 57.8 Å². The number of esters is 2. The Morgan fingerprint density at radius 2 is 1.02 bits per heavy atom. The van der Waals surface area contributed by atoms with Crippen molar-refractivity contribution in [2.24, 2.45) is 0 Å². The minimum atomic E-state index is -4.76. The maximum atomic E-state index is 12.3. The summed E-state index contributed by atoms with van der Waals surface area (Å²) in [5, 5.41) is 0. The highest BCUT2D eigenvalue weighted by atomic mass is 31.2. The van der Waals surface area contributed by atoms with Crippen LogP contribution in [-0.4, -0.2) is 41.0 Å². The molecule has 0 bridgehead atoms. The van der Waals surface area contributed by atoms with Gasteiger partial charge < -0.3 is 19.3 Å². The Kier molecular flexibility index (Phi) is 33.0. The highest BCUT2D eigenvalue weighted by Gasteiger charge is 2.22. The van der Waals surface area contributed by atoms with Crippen LogP contribution in [-0.2, 0) is 28.2 Å². The average molecular weight is 695 g/mol. The molecule has 0 aromatic heterocycles. The highest BCUT2D eigenvalue weighted by molar-refractivity contribution is 7.46. The van der Waals surface area contributed by atoms with E-state index in [2.05, 4.69) is 48.8 Å². The molecule has 0 rings (SSSR count). The summed E-state index contributed by atoms with van der Waals surface area (Å²) in [6, 6.07) is 0. The molecule has 1 atom stereocenters. The van der Waals surface area contributed by atoms with Crippen LogP contribution in [0.5, 0.6) is 0 Å². The van der Waals surface area contributed by atoms with Crippen molar-refractivity contribution in [2.75, 3.05) is 13.2 Å². The standard InChI is InChI=1S/C39H67O8P/c1-3-5-7-9-11-13-15-17-19-21-23-25-27-29-31-33-38(40)45-35-37(36-46-48(42,43)44)47-39(41)34-32-30-28-26-24-22-20-18-16-14-12-10-8-6-4-2/h5,7,9,11,13,15,17,19,22,24,37H,3-4,6,8,10,12,14,16,18,20-21,23,25-36H2,1-2H3,(H2,42,43,44)/b7-5+,11-9+,15-13+,19-17+,24-22+/t37-/m1/s1. The van der Waals surface area contributed by atoms with E-state index in [1.165, 1.54) is 51.4 Å². The lowest BCUT2D eigenvalue weighted by atomic mass is 10.1. The lowest BCUT2D eigenvalue weighted by Gasteiger charge is -2.18. The van der Waals surface area contributed by atoms with Crippen LogP contribution in [0.1, 0.15) is 155 Å². The van der Waals surface area contributed by atoms with Crippen LogP contribution in [0.15, 0.2) is 60.8 Å². The molecule has 0 aliphatic rings. The van der Waals surface area contributed by atoms with Crippen molar-refractivity contribution in [1.82, 2.24) is 0 Å². The molecule has 0 amide bonds. The first-order valence-electron chi connectivity index (χ1n) is 18.6. The molecule has 0 aliphatic carbocycles. The Labute approximate surface area is 292 Å². The number of ether oxygens (including phenoxy) is 2. The summed E-state index contributed by atoms with van der Waals surface area (Å²) in [4.78, 5) is 42.7. The van der Waals surface area contributed by atoms with Gasteiger partial charge in [-0.1, -0.05) is 145 Å². The summed E-state index contributed by atoms with van der Waals surface area (Å²) >= 11 is 0. The zero-order valence-corrected chi connectivity index (χ0v) is 31.0. The largest absolute Gasteiger partial charge is 0.469 e. The van der Waals surface area contributed by atoms with Gasteiger partial charge in [0.15, 0.2) is 6.10 Å². The minimum absolute atomic E-state index is 0.184. The molecule has 8 nitrogen and oxygen atoms in total. The number of allylic oxidation sites excluding steroid dienone is 10. The van der Waals surface area contributed by atoms with Crippen molar-refractivity contribution in [2.45, 2.75) is 161 Å². The number of hydrogen-bond acceptors (Lipinski definition) is 6. The molecule has 48 heavy (non-hydrogen) atoms. The van der Waals surface area contributed by atoms with Crippen LogP contribution < -0.4 is 0 Å². The van der Waals surface area contributed by atoms with Crippen LogP contribution in [0.4, 0.5) is 0 Å². The number of phosphoric ester groups is 1. The quantitative estimate of drug-likeness (QED) is 0.0229. The van der Waals surface area contributed by atoms with E-state index in [1.54, 1.807) is 0 Å². The molecule has 0 radical (unpaired) electrons. The molecule has 0 aliphatic heterocycles. The second-order valence-corrected chi connectivity index (χ2v) is 13.5. The number of unbranched alkanes of at least 4 members (excludes halogenated alkanes) is 16. The van der Waals surface area contributed by atoms with Crippen LogP contribution in [0.2, 0.25) is 0 Å². The summed E-state index contributed by atoms with van der Waals surface area (Å²) in [5.74, 6) is -0.935. The van der Waals surface area contributed by atoms with E-state index in [-0.39, 0.29) is 19.4 Å². The second-order valence-electron chi connectivity index (χ2n) is 12.3. The van der Waals surface area contributed by atoms with E-state index >= 15 is 0 Å². The van der Waals surface area contributed by atoms with E-state index in [0.29, 0.717) is 12.8 Å². The van der Waals surface area contributed by atoms with Gasteiger partial charge in [0.05, 0.1) is 6.61 Å². The van der Waals surface area contributed by atoms with Gasteiger partial charge in [-0.3, -0.25) is 14.1 Å². The van der Waals surface area contributed by atoms with Crippen molar-refractivity contribution in [3.8, 4) is 0 Å². The molecule has 9 heteroatoms. The topological polar surface area (TPSA) is 119 Å². The summed E-state index contributed by atoms with van der Waals surface area (Å²) in [7, 11) is -4.76. The van der Waals surface area contributed by atoms with Crippen LogP contribution in [0.3, 0.4) is 0 Å². The van der Waals surface area contributed by atoms with Crippen LogP contribution in [0.25, 0.3) is 0 Å². The molecule has 0 aromatic rings. The van der Waals surface area contributed by atoms with E-state index in [4.69, 9.17) is 19.3 Å². The van der Waals surface area contributed by atoms with Crippen molar-refractivity contribution in [3.05, 3.63) is 60.8 Å². The molecule has 0 heterocycles. The third-order valence-electron chi connectivity index (χ3n) is 7.61. The number of rotatable bonds is 33. The van der Waals surface area contributed by atoms with E-state index in [1.807, 2.05) is 30.4 Å². The third kappa shape index (κ3) is 36.6. The third-order valence-corrected chi connectivity index (χ3v) is 8.10. The van der Waals surface area contributed by atoms with Gasteiger partial charge >= 0.3 is 19.8 Å². The molecule has 0 saturated carbocycles. The zero-order valence-electron chi connectivity index (χ0n) is 30.1. The maximum Gasteiger partial charge on any atom is 0.469 e. The Morgan fingerprint density at radius 3 is 1.58 bits per heavy atom. The maximum absolute atomic E-state index is 12.3. The number of phosphoric acid groups is 1. The Balaban J connectivity index is 4.05. The van der Waals surface area contributed by atoms with Gasteiger partial charge in [0.25, 0.3) is 0 Å². The van der Waals surface area contributed by atoms with Gasteiger partial charge in [-0.25, -0.2) is 4.57 Å². The number of hydrogen-bond donors (Lipinski definition) is 2. The number of carbonyl (C=O) groups excluding carboxylic acids is 2. The Morgan fingerprint density at radius 1 is 0.562 bits per heavy atom. The molecule has 0 fully saturated rings. The predicted octanol–water partition coefficient (Wildman–Crippen LogP) is 11.0. The normalized spacial score (nSPS) is 13.2. The van der Waals surface area contributed by atoms with Gasteiger partial charge in [0.1, 0.15) is 6.61 Å². The van der Waals surface area contributed by atoms with Crippen molar-refractivity contribution in [3.63, 3.8) is 0 Å². The van der Waals surface area contributed by atoms with E-state index in [0.717, 1.165) is 64.2 Å². The summed E-state index contributed by atoms with van der Waals surface area (Å²) in [6.45, 7) is 3.49. The van der Waals surface area contributed by atoms with Crippen molar-refractivity contribution < 1.29 is 37.9 Å². The molecule has 2 N–H and O–H groups in total.